The maximum Gasteiger partial charge on any atom is 0.193 e. The van der Waals surface area contributed by atoms with Crippen LogP contribution in [0.4, 0.5) is 0 Å². The fourth-order valence-corrected chi connectivity index (χ4v) is 3.66. The molecule has 0 spiro atoms. The number of guanidine groups is 1. The third-order valence-electron chi connectivity index (χ3n) is 5.07. The molecule has 0 radical (unpaired) electrons. The molecule has 0 amide bonds. The average molecular weight is 341 g/mol. The van der Waals surface area contributed by atoms with Crippen LogP contribution < -0.4 is 5.32 Å². The Morgan fingerprint density at radius 3 is 2.67 bits per heavy atom. The van der Waals surface area contributed by atoms with Gasteiger partial charge < -0.3 is 19.7 Å². The van der Waals surface area contributed by atoms with Crippen molar-refractivity contribution in [3.8, 4) is 0 Å². The summed E-state index contributed by atoms with van der Waals surface area (Å²) in [4.78, 5) is 9.45. The van der Waals surface area contributed by atoms with E-state index in [1.54, 1.807) is 0 Å². The minimum atomic E-state index is 0.320. The van der Waals surface area contributed by atoms with Gasteiger partial charge in [0.1, 0.15) is 0 Å². The minimum Gasteiger partial charge on any atom is -0.379 e. The summed E-state index contributed by atoms with van der Waals surface area (Å²) in [6, 6.07) is 0.638. The molecule has 0 aliphatic carbocycles. The van der Waals surface area contributed by atoms with E-state index < -0.39 is 0 Å². The van der Waals surface area contributed by atoms with E-state index in [2.05, 4.69) is 40.9 Å². The molecule has 1 N–H and O–H groups in total. The van der Waals surface area contributed by atoms with Crippen molar-refractivity contribution in [2.45, 2.75) is 45.8 Å². The molecule has 2 saturated heterocycles. The van der Waals surface area contributed by atoms with Crippen molar-refractivity contribution in [2.24, 2.45) is 10.9 Å². The molecule has 2 rings (SSSR count). The first kappa shape index (κ1) is 19.5. The molecule has 6 heteroatoms. The van der Waals surface area contributed by atoms with Gasteiger partial charge in [-0.1, -0.05) is 13.8 Å². The SMILES string of the molecule is CCOC(CCNC(=NC)N1CCC(N2CCOCC2)C1)C(C)C. The minimum absolute atomic E-state index is 0.320. The Labute approximate surface area is 147 Å². The lowest BCUT2D eigenvalue weighted by Crippen LogP contribution is -2.47. The third-order valence-corrected chi connectivity index (χ3v) is 5.07. The number of hydrogen-bond donors (Lipinski definition) is 1. The molecule has 2 unspecified atom stereocenters. The Hall–Kier alpha value is -0.850. The van der Waals surface area contributed by atoms with Gasteiger partial charge in [0, 0.05) is 52.4 Å². The lowest BCUT2D eigenvalue weighted by Gasteiger charge is -2.32. The van der Waals surface area contributed by atoms with Gasteiger partial charge in [-0.05, 0) is 25.7 Å². The van der Waals surface area contributed by atoms with Crippen molar-refractivity contribution in [1.82, 2.24) is 15.1 Å². The molecule has 2 atom stereocenters. The monoisotopic (exact) mass is 340 g/mol. The van der Waals surface area contributed by atoms with Crippen LogP contribution in [0, 0.1) is 5.92 Å². The number of nitrogens with zero attached hydrogens (tertiary/aromatic N) is 3. The summed E-state index contributed by atoms with van der Waals surface area (Å²) in [5, 5.41) is 3.53. The van der Waals surface area contributed by atoms with Gasteiger partial charge in [-0.15, -0.1) is 0 Å². The number of ether oxygens (including phenoxy) is 2. The molecule has 2 heterocycles. The van der Waals surface area contributed by atoms with Gasteiger partial charge in [-0.2, -0.15) is 0 Å². The average Bonchev–Trinajstić information content (AvgIpc) is 3.08. The second-order valence-corrected chi connectivity index (χ2v) is 7.04. The summed E-state index contributed by atoms with van der Waals surface area (Å²) >= 11 is 0. The molecule has 24 heavy (non-hydrogen) atoms. The normalized spacial score (nSPS) is 24.6. The third kappa shape index (κ3) is 5.60. The number of morpholine rings is 1. The standard InChI is InChI=1S/C18H36N4O2/c1-5-24-17(15(2)3)6-8-20-18(19-4)22-9-7-16(14-22)21-10-12-23-13-11-21/h15-17H,5-14H2,1-4H3,(H,19,20). The molecule has 2 fully saturated rings. The highest BCUT2D eigenvalue weighted by Crippen LogP contribution is 2.17. The molecular weight excluding hydrogens is 304 g/mol. The summed E-state index contributed by atoms with van der Waals surface area (Å²) in [7, 11) is 1.88. The van der Waals surface area contributed by atoms with Crippen molar-refractivity contribution >= 4 is 5.96 Å². The summed E-state index contributed by atoms with van der Waals surface area (Å²) in [6.45, 7) is 14.2. The van der Waals surface area contributed by atoms with Gasteiger partial charge in [0.05, 0.1) is 19.3 Å². The van der Waals surface area contributed by atoms with E-state index in [1.165, 1.54) is 6.42 Å². The Morgan fingerprint density at radius 1 is 1.29 bits per heavy atom. The molecule has 0 saturated carbocycles. The van der Waals surface area contributed by atoms with E-state index in [0.29, 0.717) is 18.1 Å². The molecule has 0 aromatic heterocycles. The second-order valence-electron chi connectivity index (χ2n) is 7.04. The number of hydrogen-bond acceptors (Lipinski definition) is 4. The van der Waals surface area contributed by atoms with Crippen LogP contribution in [0.2, 0.25) is 0 Å². The smallest absolute Gasteiger partial charge is 0.193 e. The molecule has 2 aliphatic rings. The number of likely N-dealkylation sites (tertiary alicyclic amines) is 1. The quantitative estimate of drug-likeness (QED) is 0.561. The van der Waals surface area contributed by atoms with Crippen molar-refractivity contribution in [3.63, 3.8) is 0 Å². The summed E-state index contributed by atoms with van der Waals surface area (Å²) < 4.78 is 11.3. The summed E-state index contributed by atoms with van der Waals surface area (Å²) in [5.74, 6) is 1.58. The lowest BCUT2D eigenvalue weighted by molar-refractivity contribution is 0.0194. The Kier molecular flexibility index (Phi) is 8.29. The molecule has 0 aromatic rings. The van der Waals surface area contributed by atoms with Crippen LogP contribution in [0.3, 0.4) is 0 Å². The van der Waals surface area contributed by atoms with Gasteiger partial charge in [-0.3, -0.25) is 9.89 Å². The van der Waals surface area contributed by atoms with Crippen LogP contribution >= 0.6 is 0 Å². The van der Waals surface area contributed by atoms with Crippen LogP contribution in [-0.4, -0.2) is 87.5 Å². The summed E-state index contributed by atoms with van der Waals surface area (Å²) in [5.41, 5.74) is 0. The molecule has 6 nitrogen and oxygen atoms in total. The van der Waals surface area contributed by atoms with Gasteiger partial charge in [0.2, 0.25) is 0 Å². The van der Waals surface area contributed by atoms with E-state index in [0.717, 1.165) is 64.9 Å². The van der Waals surface area contributed by atoms with Gasteiger partial charge in [0.25, 0.3) is 0 Å². The largest absolute Gasteiger partial charge is 0.379 e. The number of nitrogens with one attached hydrogen (secondary N) is 1. The maximum atomic E-state index is 5.83. The first-order chi connectivity index (χ1) is 11.7. The number of aliphatic imine (C=N–C) groups is 1. The Bertz CT molecular complexity index is 383. The van der Waals surface area contributed by atoms with Gasteiger partial charge in [-0.25, -0.2) is 0 Å². The van der Waals surface area contributed by atoms with Crippen LogP contribution in [-0.2, 0) is 9.47 Å². The van der Waals surface area contributed by atoms with Crippen LogP contribution in [0.1, 0.15) is 33.6 Å². The fraction of sp³-hybridized carbons (Fsp3) is 0.944. The molecule has 2 aliphatic heterocycles. The van der Waals surface area contributed by atoms with E-state index >= 15 is 0 Å². The zero-order valence-electron chi connectivity index (χ0n) is 16.0. The van der Waals surface area contributed by atoms with Crippen LogP contribution in [0.25, 0.3) is 0 Å². The fourth-order valence-electron chi connectivity index (χ4n) is 3.66. The zero-order chi connectivity index (χ0) is 17.4. The Morgan fingerprint density at radius 2 is 2.04 bits per heavy atom. The molecule has 140 valence electrons. The van der Waals surface area contributed by atoms with Gasteiger partial charge >= 0.3 is 0 Å². The lowest BCUT2D eigenvalue weighted by atomic mass is 10.0. The highest BCUT2D eigenvalue weighted by atomic mass is 16.5. The first-order valence-corrected chi connectivity index (χ1v) is 9.54. The molecule has 0 bridgehead atoms. The maximum absolute atomic E-state index is 5.83. The summed E-state index contributed by atoms with van der Waals surface area (Å²) in [6.07, 6.45) is 2.56. The molecule has 0 aromatic carbocycles. The van der Waals surface area contributed by atoms with E-state index in [1.807, 2.05) is 7.05 Å². The predicted octanol–water partition coefficient (Wildman–Crippen LogP) is 1.42. The van der Waals surface area contributed by atoms with Crippen LogP contribution in [0.15, 0.2) is 4.99 Å². The van der Waals surface area contributed by atoms with Crippen molar-refractivity contribution in [1.29, 1.82) is 0 Å². The highest BCUT2D eigenvalue weighted by Gasteiger charge is 2.30. The van der Waals surface area contributed by atoms with Crippen molar-refractivity contribution in [3.05, 3.63) is 0 Å². The van der Waals surface area contributed by atoms with Crippen molar-refractivity contribution in [2.75, 3.05) is 59.6 Å². The first-order valence-electron chi connectivity index (χ1n) is 9.54. The topological polar surface area (TPSA) is 49.3 Å². The van der Waals surface area contributed by atoms with E-state index in [9.17, 15) is 0 Å². The van der Waals surface area contributed by atoms with Crippen LogP contribution in [0.5, 0.6) is 0 Å². The number of rotatable bonds is 7. The highest BCUT2D eigenvalue weighted by molar-refractivity contribution is 5.80. The molecular formula is C18H36N4O2. The zero-order valence-corrected chi connectivity index (χ0v) is 16.0. The second kappa shape index (κ2) is 10.2. The van der Waals surface area contributed by atoms with Gasteiger partial charge in [0.15, 0.2) is 5.96 Å². The predicted molar refractivity (Wildman–Crippen MR) is 98.6 cm³/mol. The van der Waals surface area contributed by atoms with Crippen molar-refractivity contribution < 1.29 is 9.47 Å². The van der Waals surface area contributed by atoms with E-state index in [4.69, 9.17) is 9.47 Å². The Balaban J connectivity index is 1.75. The van der Waals surface area contributed by atoms with E-state index in [-0.39, 0.29) is 0 Å².